The van der Waals surface area contributed by atoms with Crippen LogP contribution in [-0.4, -0.2) is 45.2 Å². The lowest BCUT2D eigenvalue weighted by atomic mass is 9.96. The van der Waals surface area contributed by atoms with Gasteiger partial charge in [-0.3, -0.25) is 9.59 Å². The summed E-state index contributed by atoms with van der Waals surface area (Å²) in [6.45, 7) is 5.25. The summed E-state index contributed by atoms with van der Waals surface area (Å²) in [4.78, 5) is 23.1. The Morgan fingerprint density at radius 1 is 1.28 bits per heavy atom. The zero-order valence-corrected chi connectivity index (χ0v) is 11.5. The Hall–Kier alpha value is -1.14. The van der Waals surface area contributed by atoms with Gasteiger partial charge in [-0.25, -0.2) is 0 Å². The number of ether oxygens (including phenoxy) is 1. The first-order valence-corrected chi connectivity index (χ1v) is 6.24. The van der Waals surface area contributed by atoms with Crippen molar-refractivity contribution in [3.8, 4) is 0 Å². The molecule has 0 spiro atoms. The van der Waals surface area contributed by atoms with E-state index >= 15 is 0 Å². The van der Waals surface area contributed by atoms with Gasteiger partial charge in [0.25, 0.3) is 0 Å². The van der Waals surface area contributed by atoms with Crippen molar-refractivity contribution in [3.63, 3.8) is 0 Å². The van der Waals surface area contributed by atoms with E-state index in [1.807, 2.05) is 13.8 Å². The van der Waals surface area contributed by atoms with E-state index in [0.29, 0.717) is 25.6 Å². The van der Waals surface area contributed by atoms with Crippen LogP contribution in [0.15, 0.2) is 0 Å². The second-order valence-corrected chi connectivity index (χ2v) is 4.62. The molecule has 0 aromatic carbocycles. The molecule has 1 atom stereocenters. The summed E-state index contributed by atoms with van der Waals surface area (Å²) in [5.74, 6) is -0.203. The second-order valence-electron chi connectivity index (χ2n) is 4.62. The average Bonchev–Trinajstić information content (AvgIpc) is 2.33. The fourth-order valence-corrected chi connectivity index (χ4v) is 1.55. The van der Waals surface area contributed by atoms with Gasteiger partial charge in [0.15, 0.2) is 0 Å². The molecule has 2 amide bonds. The van der Waals surface area contributed by atoms with Gasteiger partial charge >= 0.3 is 0 Å². The standard InChI is InChI=1S/C12H25N3O3/c1-9(2)6-10(7-13)12(17)15-8-11(16)14-4-5-18-3/h9-10H,4-8,13H2,1-3H3,(H,14,16)(H,15,17). The highest BCUT2D eigenvalue weighted by atomic mass is 16.5. The molecule has 0 aromatic heterocycles. The lowest BCUT2D eigenvalue weighted by molar-refractivity contribution is -0.128. The van der Waals surface area contributed by atoms with Crippen molar-refractivity contribution < 1.29 is 14.3 Å². The quantitative estimate of drug-likeness (QED) is 0.486. The Morgan fingerprint density at radius 2 is 1.94 bits per heavy atom. The average molecular weight is 259 g/mol. The van der Waals surface area contributed by atoms with E-state index in [1.54, 1.807) is 7.11 Å². The molecule has 4 N–H and O–H groups in total. The molecule has 0 heterocycles. The number of amides is 2. The van der Waals surface area contributed by atoms with Crippen molar-refractivity contribution >= 4 is 11.8 Å². The lowest BCUT2D eigenvalue weighted by Gasteiger charge is -2.16. The van der Waals surface area contributed by atoms with Gasteiger partial charge in [-0.2, -0.15) is 0 Å². The fourth-order valence-electron chi connectivity index (χ4n) is 1.55. The van der Waals surface area contributed by atoms with E-state index in [2.05, 4.69) is 10.6 Å². The Labute approximate surface area is 109 Å². The Balaban J connectivity index is 3.89. The first kappa shape index (κ1) is 16.9. The third-order valence-corrected chi connectivity index (χ3v) is 2.46. The molecule has 0 bridgehead atoms. The molecule has 0 rings (SSSR count). The molecule has 0 saturated carbocycles. The van der Waals surface area contributed by atoms with Crippen LogP contribution in [0.3, 0.4) is 0 Å². The first-order valence-electron chi connectivity index (χ1n) is 6.24. The number of methoxy groups -OCH3 is 1. The van der Waals surface area contributed by atoms with Crippen LogP contribution in [0.4, 0.5) is 0 Å². The summed E-state index contributed by atoms with van der Waals surface area (Å²) in [5, 5.41) is 5.22. The zero-order valence-electron chi connectivity index (χ0n) is 11.5. The predicted molar refractivity (Wildman–Crippen MR) is 69.9 cm³/mol. The van der Waals surface area contributed by atoms with Gasteiger partial charge in [0, 0.05) is 20.2 Å². The Bertz CT molecular complexity index is 257. The van der Waals surface area contributed by atoms with Crippen molar-refractivity contribution in [1.82, 2.24) is 10.6 Å². The van der Waals surface area contributed by atoms with E-state index < -0.39 is 0 Å². The summed E-state index contributed by atoms with van der Waals surface area (Å²) in [7, 11) is 1.56. The van der Waals surface area contributed by atoms with Gasteiger partial charge in [-0.05, 0) is 12.3 Å². The smallest absolute Gasteiger partial charge is 0.239 e. The molecular weight excluding hydrogens is 234 g/mol. The number of carbonyl (C=O) groups is 2. The maximum atomic E-state index is 11.7. The minimum atomic E-state index is -0.225. The van der Waals surface area contributed by atoms with E-state index in [0.717, 1.165) is 6.42 Å². The summed E-state index contributed by atoms with van der Waals surface area (Å²) in [5.41, 5.74) is 5.55. The summed E-state index contributed by atoms with van der Waals surface area (Å²) in [6, 6.07) is 0. The summed E-state index contributed by atoms with van der Waals surface area (Å²) in [6.07, 6.45) is 0.730. The van der Waals surface area contributed by atoms with Crippen LogP contribution in [0.5, 0.6) is 0 Å². The van der Waals surface area contributed by atoms with E-state index in [4.69, 9.17) is 10.5 Å². The van der Waals surface area contributed by atoms with Gasteiger partial charge in [-0.15, -0.1) is 0 Å². The third kappa shape index (κ3) is 8.03. The Kier molecular flexibility index (Phi) is 9.22. The van der Waals surface area contributed by atoms with Crippen LogP contribution in [0.25, 0.3) is 0 Å². The van der Waals surface area contributed by atoms with Crippen molar-refractivity contribution in [2.45, 2.75) is 20.3 Å². The van der Waals surface area contributed by atoms with E-state index in [-0.39, 0.29) is 24.3 Å². The normalized spacial score (nSPS) is 12.3. The van der Waals surface area contributed by atoms with Crippen molar-refractivity contribution in [2.75, 3.05) is 33.4 Å². The van der Waals surface area contributed by atoms with Crippen LogP contribution in [0.1, 0.15) is 20.3 Å². The van der Waals surface area contributed by atoms with E-state index in [1.165, 1.54) is 0 Å². The van der Waals surface area contributed by atoms with Crippen LogP contribution < -0.4 is 16.4 Å². The SMILES string of the molecule is COCCNC(=O)CNC(=O)C(CN)CC(C)C. The van der Waals surface area contributed by atoms with Gasteiger partial charge < -0.3 is 21.1 Å². The van der Waals surface area contributed by atoms with Gasteiger partial charge in [0.05, 0.1) is 19.1 Å². The van der Waals surface area contributed by atoms with Crippen LogP contribution in [0.2, 0.25) is 0 Å². The molecular formula is C12H25N3O3. The molecule has 1 unspecified atom stereocenters. The minimum Gasteiger partial charge on any atom is -0.383 e. The summed E-state index contributed by atoms with van der Waals surface area (Å²) >= 11 is 0. The van der Waals surface area contributed by atoms with Gasteiger partial charge in [0.2, 0.25) is 11.8 Å². The van der Waals surface area contributed by atoms with E-state index in [9.17, 15) is 9.59 Å². The molecule has 0 aromatic rings. The van der Waals surface area contributed by atoms with Crippen LogP contribution in [0, 0.1) is 11.8 Å². The highest BCUT2D eigenvalue weighted by molar-refractivity contribution is 5.85. The van der Waals surface area contributed by atoms with Crippen molar-refractivity contribution in [3.05, 3.63) is 0 Å². The molecule has 106 valence electrons. The van der Waals surface area contributed by atoms with Gasteiger partial charge in [0.1, 0.15) is 0 Å². The molecule has 0 fully saturated rings. The number of nitrogens with one attached hydrogen (secondary N) is 2. The molecule has 0 aliphatic carbocycles. The monoisotopic (exact) mass is 259 g/mol. The third-order valence-electron chi connectivity index (χ3n) is 2.46. The molecule has 0 aliphatic heterocycles. The molecule has 0 radical (unpaired) electrons. The summed E-state index contributed by atoms with van der Waals surface area (Å²) < 4.78 is 4.80. The number of hydrogen-bond donors (Lipinski definition) is 3. The Morgan fingerprint density at radius 3 is 2.44 bits per heavy atom. The second kappa shape index (κ2) is 9.85. The number of carbonyl (C=O) groups excluding carboxylic acids is 2. The maximum Gasteiger partial charge on any atom is 0.239 e. The number of hydrogen-bond acceptors (Lipinski definition) is 4. The maximum absolute atomic E-state index is 11.7. The lowest BCUT2D eigenvalue weighted by Crippen LogP contribution is -2.42. The molecule has 6 nitrogen and oxygen atoms in total. The van der Waals surface area contributed by atoms with Crippen molar-refractivity contribution in [1.29, 1.82) is 0 Å². The highest BCUT2D eigenvalue weighted by Gasteiger charge is 2.18. The predicted octanol–water partition coefficient (Wildman–Crippen LogP) is -0.514. The largest absolute Gasteiger partial charge is 0.383 e. The van der Waals surface area contributed by atoms with Gasteiger partial charge in [-0.1, -0.05) is 13.8 Å². The molecule has 6 heteroatoms. The number of rotatable bonds is 9. The van der Waals surface area contributed by atoms with Crippen molar-refractivity contribution in [2.24, 2.45) is 17.6 Å². The fraction of sp³-hybridized carbons (Fsp3) is 0.833. The van der Waals surface area contributed by atoms with Crippen LogP contribution >= 0.6 is 0 Å². The molecule has 18 heavy (non-hydrogen) atoms. The molecule has 0 aliphatic rings. The first-order chi connectivity index (χ1) is 8.51. The number of nitrogens with two attached hydrogens (primary N) is 1. The molecule has 0 saturated heterocycles. The topological polar surface area (TPSA) is 93.5 Å². The zero-order chi connectivity index (χ0) is 14.0. The highest BCUT2D eigenvalue weighted by Crippen LogP contribution is 2.10. The van der Waals surface area contributed by atoms with Crippen LogP contribution in [-0.2, 0) is 14.3 Å². The minimum absolute atomic E-state index is 0.0167.